The molecule has 1 aromatic heterocycles. The Balaban J connectivity index is 1.73. The maximum atomic E-state index is 6.36. The lowest BCUT2D eigenvalue weighted by Gasteiger charge is -2.54. The van der Waals surface area contributed by atoms with E-state index in [4.69, 9.17) is 10.7 Å². The van der Waals surface area contributed by atoms with Crippen LogP contribution in [0.15, 0.2) is 0 Å². The molecule has 4 saturated carbocycles. The third-order valence-corrected chi connectivity index (χ3v) is 6.12. The van der Waals surface area contributed by atoms with Gasteiger partial charge in [-0.05, 0) is 55.8 Å². The first-order chi connectivity index (χ1) is 9.17. The van der Waals surface area contributed by atoms with E-state index in [0.717, 1.165) is 41.7 Å². The molecule has 5 rings (SSSR count). The summed E-state index contributed by atoms with van der Waals surface area (Å²) >= 11 is 0. The second-order valence-corrected chi connectivity index (χ2v) is 7.17. The van der Waals surface area contributed by atoms with Crippen molar-refractivity contribution >= 4 is 5.82 Å². The van der Waals surface area contributed by atoms with Crippen molar-refractivity contribution in [2.75, 3.05) is 5.73 Å². The second-order valence-electron chi connectivity index (χ2n) is 7.17. The average molecular weight is 259 g/mol. The van der Waals surface area contributed by atoms with E-state index in [2.05, 4.69) is 18.5 Å². The lowest BCUT2D eigenvalue weighted by Crippen LogP contribution is -2.44. The van der Waals surface area contributed by atoms with Gasteiger partial charge in [0.1, 0.15) is 11.6 Å². The highest BCUT2D eigenvalue weighted by Gasteiger charge is 2.50. The lowest BCUT2D eigenvalue weighted by atomic mass is 9.51. The maximum Gasteiger partial charge on any atom is 0.126 e. The van der Waals surface area contributed by atoms with Gasteiger partial charge in [0, 0.05) is 19.4 Å². The van der Waals surface area contributed by atoms with Crippen LogP contribution in [0.1, 0.15) is 56.5 Å². The molecule has 4 aliphatic rings. The van der Waals surface area contributed by atoms with E-state index in [-0.39, 0.29) is 0 Å². The summed E-state index contributed by atoms with van der Waals surface area (Å²) in [5.41, 5.74) is 7.60. The van der Waals surface area contributed by atoms with Crippen LogP contribution in [-0.2, 0) is 13.5 Å². The van der Waals surface area contributed by atoms with Gasteiger partial charge in [-0.15, -0.1) is 0 Å². The van der Waals surface area contributed by atoms with E-state index in [1.165, 1.54) is 37.8 Å². The highest BCUT2D eigenvalue weighted by molar-refractivity contribution is 5.42. The van der Waals surface area contributed by atoms with Gasteiger partial charge in [0.05, 0.1) is 5.69 Å². The Morgan fingerprint density at radius 1 is 1.11 bits per heavy atom. The Bertz CT molecular complexity index is 474. The first kappa shape index (κ1) is 11.8. The summed E-state index contributed by atoms with van der Waals surface area (Å²) in [6.07, 6.45) is 8.25. The number of nitrogens with two attached hydrogens (primary N) is 1. The van der Waals surface area contributed by atoms with Crippen molar-refractivity contribution in [1.29, 1.82) is 0 Å². The molecule has 1 aromatic rings. The minimum Gasteiger partial charge on any atom is -0.384 e. The largest absolute Gasteiger partial charge is 0.384 e. The maximum absolute atomic E-state index is 6.36. The lowest BCUT2D eigenvalue weighted by molar-refractivity contribution is -0.00382. The number of hydrogen-bond acceptors (Lipinski definition) is 2. The molecule has 4 bridgehead atoms. The third kappa shape index (κ3) is 1.60. The number of nitrogens with zero attached hydrogens (tertiary/aromatic N) is 2. The Morgan fingerprint density at radius 2 is 1.68 bits per heavy atom. The molecule has 19 heavy (non-hydrogen) atoms. The molecule has 0 unspecified atom stereocenters. The summed E-state index contributed by atoms with van der Waals surface area (Å²) in [5.74, 6) is 6.55. The van der Waals surface area contributed by atoms with Crippen LogP contribution < -0.4 is 5.73 Å². The van der Waals surface area contributed by atoms with Crippen LogP contribution >= 0.6 is 0 Å². The van der Waals surface area contributed by atoms with Crippen molar-refractivity contribution < 1.29 is 0 Å². The summed E-state index contributed by atoms with van der Waals surface area (Å²) in [4.78, 5) is 4.91. The molecule has 0 aromatic carbocycles. The van der Waals surface area contributed by atoms with Crippen molar-refractivity contribution in [2.24, 2.45) is 30.7 Å². The van der Waals surface area contributed by atoms with Crippen LogP contribution in [0.5, 0.6) is 0 Å². The standard InChI is InChI=1S/C16H25N3/c1-3-13-18-15(16(17)19(13)2)14-11-5-9-4-10(7-11)8-12(14)6-9/h9-12,14H,3-8,17H2,1-2H3. The molecule has 0 aliphatic heterocycles. The highest BCUT2D eigenvalue weighted by atomic mass is 15.1. The number of hydrogen-bond donors (Lipinski definition) is 1. The Kier molecular flexibility index (Phi) is 2.49. The molecule has 0 atom stereocenters. The van der Waals surface area contributed by atoms with Crippen LogP contribution in [0.2, 0.25) is 0 Å². The molecule has 1 heterocycles. The van der Waals surface area contributed by atoms with Crippen molar-refractivity contribution in [3.8, 4) is 0 Å². The van der Waals surface area contributed by atoms with E-state index < -0.39 is 0 Å². The number of rotatable bonds is 2. The Hall–Kier alpha value is -0.990. The first-order valence-corrected chi connectivity index (χ1v) is 7.98. The van der Waals surface area contributed by atoms with Crippen LogP contribution in [0, 0.1) is 23.7 Å². The molecule has 0 radical (unpaired) electrons. The predicted octanol–water partition coefficient (Wildman–Crippen LogP) is 3.10. The zero-order chi connectivity index (χ0) is 13.1. The fraction of sp³-hybridized carbons (Fsp3) is 0.812. The molecular formula is C16H25N3. The number of nitrogen functional groups attached to an aromatic ring is 1. The van der Waals surface area contributed by atoms with E-state index in [1.54, 1.807) is 0 Å². The molecule has 0 saturated heterocycles. The van der Waals surface area contributed by atoms with E-state index in [1.807, 2.05) is 0 Å². The predicted molar refractivity (Wildman–Crippen MR) is 76.8 cm³/mol. The Labute approximate surface area is 115 Å². The van der Waals surface area contributed by atoms with Crippen molar-refractivity contribution in [2.45, 2.75) is 51.4 Å². The van der Waals surface area contributed by atoms with Crippen LogP contribution in [0.4, 0.5) is 5.82 Å². The third-order valence-electron chi connectivity index (χ3n) is 6.12. The topological polar surface area (TPSA) is 43.8 Å². The van der Waals surface area contributed by atoms with Gasteiger partial charge in [-0.2, -0.15) is 0 Å². The van der Waals surface area contributed by atoms with Crippen LogP contribution in [0.3, 0.4) is 0 Å². The summed E-state index contributed by atoms with van der Waals surface area (Å²) in [6.45, 7) is 2.17. The Morgan fingerprint density at radius 3 is 2.16 bits per heavy atom. The van der Waals surface area contributed by atoms with Gasteiger partial charge in [-0.25, -0.2) is 4.98 Å². The highest BCUT2D eigenvalue weighted by Crippen LogP contribution is 2.60. The molecule has 2 N–H and O–H groups in total. The normalized spacial score (nSPS) is 40.0. The first-order valence-electron chi connectivity index (χ1n) is 7.98. The molecule has 0 spiro atoms. The van der Waals surface area contributed by atoms with Crippen molar-refractivity contribution in [3.05, 3.63) is 11.5 Å². The molecule has 3 heteroatoms. The summed E-state index contributed by atoms with van der Waals surface area (Å²) in [5, 5.41) is 0. The zero-order valence-electron chi connectivity index (χ0n) is 12.1. The number of imidazole rings is 1. The SMILES string of the molecule is CCc1nc(C2C3CC4CC(C3)CC2C4)c(N)n1C. The fourth-order valence-corrected chi connectivity index (χ4v) is 5.52. The quantitative estimate of drug-likeness (QED) is 0.887. The van der Waals surface area contributed by atoms with Gasteiger partial charge < -0.3 is 10.3 Å². The minimum atomic E-state index is 0.666. The van der Waals surface area contributed by atoms with Crippen molar-refractivity contribution in [3.63, 3.8) is 0 Å². The summed E-state index contributed by atoms with van der Waals surface area (Å²) in [7, 11) is 2.07. The fourth-order valence-electron chi connectivity index (χ4n) is 5.52. The van der Waals surface area contributed by atoms with Gasteiger partial charge >= 0.3 is 0 Å². The van der Waals surface area contributed by atoms with E-state index in [9.17, 15) is 0 Å². The van der Waals surface area contributed by atoms with Crippen LogP contribution in [-0.4, -0.2) is 9.55 Å². The van der Waals surface area contributed by atoms with E-state index >= 15 is 0 Å². The summed E-state index contributed by atoms with van der Waals surface area (Å²) < 4.78 is 2.11. The van der Waals surface area contributed by atoms with Gasteiger partial charge in [0.2, 0.25) is 0 Å². The minimum absolute atomic E-state index is 0.666. The van der Waals surface area contributed by atoms with Gasteiger partial charge in [-0.3, -0.25) is 0 Å². The molecule has 0 amide bonds. The average Bonchev–Trinajstić information content (AvgIpc) is 2.66. The van der Waals surface area contributed by atoms with Gasteiger partial charge in [-0.1, -0.05) is 6.92 Å². The smallest absolute Gasteiger partial charge is 0.126 e. The van der Waals surface area contributed by atoms with Gasteiger partial charge in [0.15, 0.2) is 0 Å². The van der Waals surface area contributed by atoms with Crippen molar-refractivity contribution in [1.82, 2.24) is 9.55 Å². The molecule has 4 fully saturated rings. The molecule has 3 nitrogen and oxygen atoms in total. The number of aryl methyl sites for hydroxylation is 1. The molecular weight excluding hydrogens is 234 g/mol. The summed E-state index contributed by atoms with van der Waals surface area (Å²) in [6, 6.07) is 0. The molecule has 104 valence electrons. The second kappa shape index (κ2) is 4.00. The van der Waals surface area contributed by atoms with E-state index in [0.29, 0.717) is 5.92 Å². The van der Waals surface area contributed by atoms with Gasteiger partial charge in [0.25, 0.3) is 0 Å². The monoisotopic (exact) mass is 259 g/mol. The zero-order valence-corrected chi connectivity index (χ0v) is 12.1. The number of anilines is 1. The van der Waals surface area contributed by atoms with Crippen LogP contribution in [0.25, 0.3) is 0 Å². The molecule has 4 aliphatic carbocycles. The number of aromatic nitrogens is 2.